The van der Waals surface area contributed by atoms with E-state index < -0.39 is 0 Å². The summed E-state index contributed by atoms with van der Waals surface area (Å²) in [5.74, 6) is 0. The van der Waals surface area contributed by atoms with Crippen LogP contribution in [0, 0.1) is 11.3 Å². The Morgan fingerprint density at radius 2 is 1.85 bits per heavy atom. The standard InChI is InChI=1S/C11H18N2/c1-9(2)11(8-12)13-10-6-4-3-5-7-10/h10,13H,3-7H2,1-2H3. The summed E-state index contributed by atoms with van der Waals surface area (Å²) >= 11 is 0. The largest absolute Gasteiger partial charge is 0.374 e. The van der Waals surface area contributed by atoms with Crippen LogP contribution >= 0.6 is 0 Å². The molecule has 1 aliphatic rings. The quantitative estimate of drug-likeness (QED) is 0.660. The summed E-state index contributed by atoms with van der Waals surface area (Å²) in [4.78, 5) is 0. The highest BCUT2D eigenvalue weighted by molar-refractivity contribution is 5.24. The highest BCUT2D eigenvalue weighted by Crippen LogP contribution is 2.18. The number of allylic oxidation sites excluding steroid dienone is 2. The van der Waals surface area contributed by atoms with Crippen molar-refractivity contribution in [2.24, 2.45) is 0 Å². The molecule has 0 aromatic carbocycles. The van der Waals surface area contributed by atoms with E-state index in [1.807, 2.05) is 13.8 Å². The van der Waals surface area contributed by atoms with Gasteiger partial charge in [-0.2, -0.15) is 5.26 Å². The zero-order valence-corrected chi connectivity index (χ0v) is 8.56. The smallest absolute Gasteiger partial charge is 0.117 e. The molecule has 2 nitrogen and oxygen atoms in total. The van der Waals surface area contributed by atoms with Crippen LogP contribution in [0.4, 0.5) is 0 Å². The molecule has 1 aliphatic carbocycles. The predicted octanol–water partition coefficient (Wildman–Crippen LogP) is 2.73. The summed E-state index contributed by atoms with van der Waals surface area (Å²) in [6.07, 6.45) is 6.41. The van der Waals surface area contributed by atoms with Gasteiger partial charge in [-0.3, -0.25) is 0 Å². The van der Waals surface area contributed by atoms with Gasteiger partial charge in [-0.15, -0.1) is 0 Å². The first-order valence-corrected chi connectivity index (χ1v) is 5.08. The van der Waals surface area contributed by atoms with Gasteiger partial charge in [0.05, 0.1) is 0 Å². The van der Waals surface area contributed by atoms with Gasteiger partial charge in [-0.1, -0.05) is 19.3 Å². The Kier molecular flexibility index (Phi) is 3.82. The molecule has 1 rings (SSSR count). The lowest BCUT2D eigenvalue weighted by Crippen LogP contribution is -2.30. The Labute approximate surface area is 80.6 Å². The van der Waals surface area contributed by atoms with Crippen molar-refractivity contribution in [2.45, 2.75) is 52.0 Å². The topological polar surface area (TPSA) is 35.8 Å². The van der Waals surface area contributed by atoms with Crippen molar-refractivity contribution in [2.75, 3.05) is 0 Å². The monoisotopic (exact) mass is 178 g/mol. The normalized spacial score (nSPS) is 17.6. The fraction of sp³-hybridized carbons (Fsp3) is 0.727. The molecule has 2 heteroatoms. The molecule has 0 heterocycles. The second kappa shape index (κ2) is 4.91. The molecule has 0 bridgehead atoms. The molecule has 72 valence electrons. The second-order valence-corrected chi connectivity index (χ2v) is 3.97. The summed E-state index contributed by atoms with van der Waals surface area (Å²) in [7, 11) is 0. The number of nitriles is 1. The van der Waals surface area contributed by atoms with Crippen molar-refractivity contribution in [3.8, 4) is 6.07 Å². The maximum atomic E-state index is 8.86. The first kappa shape index (κ1) is 10.1. The minimum absolute atomic E-state index is 0.540. The summed E-state index contributed by atoms with van der Waals surface area (Å²) in [6, 6.07) is 2.76. The molecule has 13 heavy (non-hydrogen) atoms. The first-order chi connectivity index (χ1) is 6.24. The molecule has 0 amide bonds. The van der Waals surface area contributed by atoms with Crippen molar-refractivity contribution in [1.82, 2.24) is 5.32 Å². The molecule has 0 aromatic heterocycles. The maximum absolute atomic E-state index is 8.86. The van der Waals surface area contributed by atoms with Crippen molar-refractivity contribution < 1.29 is 0 Å². The molecule has 0 spiro atoms. The van der Waals surface area contributed by atoms with Crippen LogP contribution in [0.15, 0.2) is 11.3 Å². The van der Waals surface area contributed by atoms with Crippen molar-refractivity contribution >= 4 is 0 Å². The van der Waals surface area contributed by atoms with E-state index in [-0.39, 0.29) is 0 Å². The Morgan fingerprint density at radius 1 is 1.23 bits per heavy atom. The number of hydrogen-bond donors (Lipinski definition) is 1. The van der Waals surface area contributed by atoms with Crippen LogP contribution in [-0.4, -0.2) is 6.04 Å². The minimum atomic E-state index is 0.540. The average molecular weight is 178 g/mol. The number of nitrogens with one attached hydrogen (secondary N) is 1. The van der Waals surface area contributed by atoms with Crippen LogP contribution < -0.4 is 5.32 Å². The first-order valence-electron chi connectivity index (χ1n) is 5.08. The van der Waals surface area contributed by atoms with Crippen LogP contribution in [0.25, 0.3) is 0 Å². The van der Waals surface area contributed by atoms with Crippen molar-refractivity contribution in [1.29, 1.82) is 5.26 Å². The molecule has 0 saturated heterocycles. The molecular formula is C11H18N2. The molecule has 0 atom stereocenters. The average Bonchev–Trinajstić information content (AvgIpc) is 2.15. The number of nitrogens with zero attached hydrogens (tertiary/aromatic N) is 1. The van der Waals surface area contributed by atoms with Gasteiger partial charge in [-0.05, 0) is 32.3 Å². The van der Waals surface area contributed by atoms with Crippen molar-refractivity contribution in [3.05, 3.63) is 11.3 Å². The van der Waals surface area contributed by atoms with Crippen LogP contribution in [0.3, 0.4) is 0 Å². The molecule has 0 aliphatic heterocycles. The van der Waals surface area contributed by atoms with E-state index in [1.165, 1.54) is 32.1 Å². The van der Waals surface area contributed by atoms with E-state index in [1.54, 1.807) is 0 Å². The third-order valence-electron chi connectivity index (χ3n) is 2.57. The predicted molar refractivity (Wildman–Crippen MR) is 54.0 cm³/mol. The Hall–Kier alpha value is -0.970. The van der Waals surface area contributed by atoms with E-state index in [0.717, 1.165) is 11.3 Å². The summed E-state index contributed by atoms with van der Waals surface area (Å²) in [5.41, 5.74) is 1.86. The third kappa shape index (κ3) is 3.10. The van der Waals surface area contributed by atoms with E-state index in [4.69, 9.17) is 5.26 Å². The number of hydrogen-bond acceptors (Lipinski definition) is 2. The summed E-state index contributed by atoms with van der Waals surface area (Å²) in [5, 5.41) is 12.2. The summed E-state index contributed by atoms with van der Waals surface area (Å²) < 4.78 is 0. The molecule has 0 aromatic rings. The van der Waals surface area contributed by atoms with Gasteiger partial charge >= 0.3 is 0 Å². The minimum Gasteiger partial charge on any atom is -0.374 e. The van der Waals surface area contributed by atoms with E-state index in [0.29, 0.717) is 6.04 Å². The van der Waals surface area contributed by atoms with E-state index in [2.05, 4.69) is 11.4 Å². The van der Waals surface area contributed by atoms with Gasteiger partial charge in [0.15, 0.2) is 0 Å². The highest BCUT2D eigenvalue weighted by Gasteiger charge is 2.13. The molecule has 0 unspecified atom stereocenters. The maximum Gasteiger partial charge on any atom is 0.117 e. The lowest BCUT2D eigenvalue weighted by Gasteiger charge is -2.23. The van der Waals surface area contributed by atoms with Crippen LogP contribution in [0.5, 0.6) is 0 Å². The van der Waals surface area contributed by atoms with Crippen LogP contribution in [-0.2, 0) is 0 Å². The Morgan fingerprint density at radius 3 is 2.31 bits per heavy atom. The van der Waals surface area contributed by atoms with E-state index in [9.17, 15) is 0 Å². The molecule has 1 saturated carbocycles. The second-order valence-electron chi connectivity index (χ2n) is 3.97. The zero-order chi connectivity index (χ0) is 9.68. The molecule has 1 N–H and O–H groups in total. The Balaban J connectivity index is 2.47. The van der Waals surface area contributed by atoms with Crippen LogP contribution in [0.2, 0.25) is 0 Å². The zero-order valence-electron chi connectivity index (χ0n) is 8.56. The Bertz CT molecular complexity index is 225. The molecule has 1 fully saturated rings. The third-order valence-corrected chi connectivity index (χ3v) is 2.57. The summed E-state index contributed by atoms with van der Waals surface area (Å²) in [6.45, 7) is 3.96. The van der Waals surface area contributed by atoms with Gasteiger partial charge in [0.2, 0.25) is 0 Å². The fourth-order valence-electron chi connectivity index (χ4n) is 1.74. The lowest BCUT2D eigenvalue weighted by molar-refractivity contribution is 0.399. The SMILES string of the molecule is CC(C)=C(C#N)NC1CCCCC1. The van der Waals surface area contributed by atoms with Crippen molar-refractivity contribution in [3.63, 3.8) is 0 Å². The molecular weight excluding hydrogens is 160 g/mol. The lowest BCUT2D eigenvalue weighted by atomic mass is 9.95. The van der Waals surface area contributed by atoms with Gasteiger partial charge < -0.3 is 5.32 Å². The highest BCUT2D eigenvalue weighted by atomic mass is 14.9. The number of rotatable bonds is 2. The van der Waals surface area contributed by atoms with E-state index >= 15 is 0 Å². The van der Waals surface area contributed by atoms with Gasteiger partial charge in [0.25, 0.3) is 0 Å². The van der Waals surface area contributed by atoms with Gasteiger partial charge in [0.1, 0.15) is 11.8 Å². The van der Waals surface area contributed by atoms with Gasteiger partial charge in [0, 0.05) is 6.04 Å². The van der Waals surface area contributed by atoms with Crippen LogP contribution in [0.1, 0.15) is 46.0 Å². The molecule has 0 radical (unpaired) electrons. The fourth-order valence-corrected chi connectivity index (χ4v) is 1.74. The van der Waals surface area contributed by atoms with Gasteiger partial charge in [-0.25, -0.2) is 0 Å².